The lowest BCUT2D eigenvalue weighted by Crippen LogP contribution is -2.19. The summed E-state index contributed by atoms with van der Waals surface area (Å²) in [6.45, 7) is 2.35. The van der Waals surface area contributed by atoms with Crippen molar-refractivity contribution in [3.63, 3.8) is 0 Å². The molecule has 1 aromatic carbocycles. The molecule has 0 aromatic heterocycles. The number of hydrogen-bond acceptors (Lipinski definition) is 4. The Morgan fingerprint density at radius 1 is 1.08 bits per heavy atom. The Morgan fingerprint density at radius 2 is 1.73 bits per heavy atom. The average molecular weight is 386 g/mol. The van der Waals surface area contributed by atoms with Gasteiger partial charge in [-0.05, 0) is 24.0 Å². The minimum atomic E-state index is -4.46. The molecule has 1 heterocycles. The van der Waals surface area contributed by atoms with Crippen LogP contribution in [0.4, 0.5) is 0 Å². The summed E-state index contributed by atoms with van der Waals surface area (Å²) in [5, 5.41) is 0. The third-order valence-electron chi connectivity index (χ3n) is 4.49. The van der Waals surface area contributed by atoms with Gasteiger partial charge in [0.2, 0.25) is 0 Å². The van der Waals surface area contributed by atoms with Crippen molar-refractivity contribution < 1.29 is 28.3 Å². The Morgan fingerprint density at radius 3 is 2.42 bits per heavy atom. The third kappa shape index (κ3) is 8.76. The number of rotatable bonds is 12. The second kappa shape index (κ2) is 11.2. The maximum atomic E-state index is 10.7. The highest BCUT2D eigenvalue weighted by molar-refractivity contribution is 7.46. The molecule has 2 unspecified atom stereocenters. The summed E-state index contributed by atoms with van der Waals surface area (Å²) >= 11 is 0. The van der Waals surface area contributed by atoms with Gasteiger partial charge in [-0.15, -0.1) is 0 Å². The van der Waals surface area contributed by atoms with Crippen molar-refractivity contribution in [1.82, 2.24) is 0 Å². The lowest BCUT2D eigenvalue weighted by atomic mass is 10.0. The zero-order chi connectivity index (χ0) is 18.8. The molecule has 0 spiro atoms. The summed E-state index contributed by atoms with van der Waals surface area (Å²) in [4.78, 5) is 17.4. The van der Waals surface area contributed by atoms with Crippen LogP contribution in [-0.4, -0.2) is 35.4 Å². The molecule has 1 aliphatic rings. The first-order valence-corrected chi connectivity index (χ1v) is 11.0. The quantitative estimate of drug-likeness (QED) is 0.417. The molecule has 2 rings (SSSR count). The largest absolute Gasteiger partial charge is 0.469 e. The van der Waals surface area contributed by atoms with Crippen molar-refractivity contribution in [2.75, 3.05) is 13.2 Å². The Hall–Kier alpha value is -0.750. The summed E-state index contributed by atoms with van der Waals surface area (Å²) in [5.41, 5.74) is 2.48. The minimum Gasteiger partial charge on any atom is -0.350 e. The third-order valence-corrected chi connectivity index (χ3v) is 4.97. The van der Waals surface area contributed by atoms with Crippen molar-refractivity contribution in [3.8, 4) is 0 Å². The highest BCUT2D eigenvalue weighted by Gasteiger charge is 2.28. The van der Waals surface area contributed by atoms with E-state index in [-0.39, 0.29) is 13.2 Å². The van der Waals surface area contributed by atoms with Crippen LogP contribution in [-0.2, 0) is 31.4 Å². The van der Waals surface area contributed by atoms with Gasteiger partial charge in [0.25, 0.3) is 0 Å². The molecule has 26 heavy (non-hydrogen) atoms. The lowest BCUT2D eigenvalue weighted by molar-refractivity contribution is -0.0629. The standard InChI is InChI=1S/C19H31O6P/c1-2-3-4-5-6-7-8-16-9-11-17(12-10-16)13-19-23-14-18(25-19)15-24-26(20,21)22/h9-12,18-19H,2-8,13-15H2,1H3,(H2,20,21,22). The van der Waals surface area contributed by atoms with Gasteiger partial charge in [-0.25, -0.2) is 4.57 Å². The van der Waals surface area contributed by atoms with Crippen molar-refractivity contribution in [1.29, 1.82) is 0 Å². The van der Waals surface area contributed by atoms with Gasteiger partial charge in [0.1, 0.15) is 6.10 Å². The van der Waals surface area contributed by atoms with E-state index in [9.17, 15) is 4.57 Å². The van der Waals surface area contributed by atoms with Crippen LogP contribution in [0.15, 0.2) is 24.3 Å². The van der Waals surface area contributed by atoms with Crippen LogP contribution in [0.25, 0.3) is 0 Å². The molecule has 148 valence electrons. The highest BCUT2D eigenvalue weighted by atomic mass is 31.2. The van der Waals surface area contributed by atoms with Gasteiger partial charge in [0.05, 0.1) is 13.2 Å². The predicted molar refractivity (Wildman–Crippen MR) is 99.8 cm³/mol. The first kappa shape index (κ1) is 21.5. The first-order chi connectivity index (χ1) is 12.5. The van der Waals surface area contributed by atoms with Gasteiger partial charge in [0.15, 0.2) is 6.29 Å². The topological polar surface area (TPSA) is 85.2 Å². The molecule has 0 saturated carbocycles. The molecular weight excluding hydrogens is 355 g/mol. The monoisotopic (exact) mass is 386 g/mol. The van der Waals surface area contributed by atoms with Gasteiger partial charge < -0.3 is 19.3 Å². The maximum absolute atomic E-state index is 10.7. The molecule has 0 amide bonds. The van der Waals surface area contributed by atoms with E-state index in [0.717, 1.165) is 12.0 Å². The van der Waals surface area contributed by atoms with Crippen LogP contribution in [0.3, 0.4) is 0 Å². The van der Waals surface area contributed by atoms with E-state index in [2.05, 4.69) is 35.7 Å². The van der Waals surface area contributed by atoms with Crippen molar-refractivity contribution in [3.05, 3.63) is 35.4 Å². The van der Waals surface area contributed by atoms with Crippen molar-refractivity contribution in [2.24, 2.45) is 0 Å². The summed E-state index contributed by atoms with van der Waals surface area (Å²) < 4.78 is 26.3. The molecule has 0 radical (unpaired) electrons. The van der Waals surface area contributed by atoms with E-state index >= 15 is 0 Å². The number of hydrogen-bond donors (Lipinski definition) is 2. The zero-order valence-electron chi connectivity index (χ0n) is 15.5. The van der Waals surface area contributed by atoms with E-state index in [1.807, 2.05) is 0 Å². The van der Waals surface area contributed by atoms with Gasteiger partial charge >= 0.3 is 7.82 Å². The number of benzene rings is 1. The molecule has 1 aromatic rings. The lowest BCUT2D eigenvalue weighted by Gasteiger charge is -2.12. The Balaban J connectivity index is 1.65. The van der Waals surface area contributed by atoms with E-state index in [0.29, 0.717) is 6.42 Å². The normalized spacial score (nSPS) is 20.6. The predicted octanol–water partition coefficient (Wildman–Crippen LogP) is 3.98. The molecule has 1 fully saturated rings. The van der Waals surface area contributed by atoms with E-state index in [1.165, 1.54) is 44.1 Å². The number of phosphoric ester groups is 1. The van der Waals surface area contributed by atoms with Gasteiger partial charge in [0, 0.05) is 6.42 Å². The van der Waals surface area contributed by atoms with Crippen LogP contribution in [0.2, 0.25) is 0 Å². The van der Waals surface area contributed by atoms with Crippen LogP contribution < -0.4 is 0 Å². The van der Waals surface area contributed by atoms with Crippen molar-refractivity contribution >= 4 is 7.82 Å². The number of ether oxygens (including phenoxy) is 2. The Labute approximate surface area is 156 Å². The second-order valence-corrected chi connectivity index (χ2v) is 8.09. The molecular formula is C19H31O6P. The molecule has 2 atom stereocenters. The minimum absolute atomic E-state index is 0.169. The van der Waals surface area contributed by atoms with Gasteiger partial charge in [-0.2, -0.15) is 0 Å². The summed E-state index contributed by atoms with van der Waals surface area (Å²) in [6, 6.07) is 8.51. The fourth-order valence-electron chi connectivity index (χ4n) is 3.03. The van der Waals surface area contributed by atoms with E-state index in [1.54, 1.807) is 0 Å². The smallest absolute Gasteiger partial charge is 0.350 e. The molecule has 7 heteroatoms. The average Bonchev–Trinajstić information content (AvgIpc) is 3.04. The number of aryl methyl sites for hydroxylation is 1. The summed E-state index contributed by atoms with van der Waals surface area (Å²) in [7, 11) is -4.46. The molecule has 0 aliphatic carbocycles. The molecule has 2 N–H and O–H groups in total. The molecule has 1 saturated heterocycles. The fourth-order valence-corrected chi connectivity index (χ4v) is 3.39. The zero-order valence-corrected chi connectivity index (χ0v) is 16.4. The SMILES string of the molecule is CCCCCCCCc1ccc(CC2OCC(COP(=O)(O)O)O2)cc1. The first-order valence-electron chi connectivity index (χ1n) is 9.51. The van der Waals surface area contributed by atoms with Gasteiger partial charge in [-0.1, -0.05) is 63.3 Å². The van der Waals surface area contributed by atoms with Crippen LogP contribution in [0.5, 0.6) is 0 Å². The molecule has 6 nitrogen and oxygen atoms in total. The van der Waals surface area contributed by atoms with Gasteiger partial charge in [-0.3, -0.25) is 4.52 Å². The van der Waals surface area contributed by atoms with Crippen molar-refractivity contribution in [2.45, 2.75) is 70.7 Å². The fraction of sp³-hybridized carbons (Fsp3) is 0.684. The summed E-state index contributed by atoms with van der Waals surface area (Å²) in [6.07, 6.45) is 8.72. The number of unbranched alkanes of at least 4 members (excludes halogenated alkanes) is 5. The van der Waals surface area contributed by atoms with E-state index < -0.39 is 20.2 Å². The Kier molecular flexibility index (Phi) is 9.26. The summed E-state index contributed by atoms with van der Waals surface area (Å²) in [5.74, 6) is 0. The van der Waals surface area contributed by atoms with Crippen LogP contribution >= 0.6 is 7.82 Å². The van der Waals surface area contributed by atoms with Crippen LogP contribution in [0.1, 0.15) is 56.6 Å². The molecule has 0 bridgehead atoms. The maximum Gasteiger partial charge on any atom is 0.469 e. The van der Waals surface area contributed by atoms with E-state index in [4.69, 9.17) is 19.3 Å². The molecule has 1 aliphatic heterocycles. The van der Waals surface area contributed by atoms with Crippen LogP contribution in [0, 0.1) is 0 Å². The number of phosphoric acid groups is 1. The highest BCUT2D eigenvalue weighted by Crippen LogP contribution is 2.36. The Bertz CT molecular complexity index is 556. The second-order valence-electron chi connectivity index (χ2n) is 6.85.